The summed E-state index contributed by atoms with van der Waals surface area (Å²) in [6.07, 6.45) is 4.02. The second-order valence-electron chi connectivity index (χ2n) is 1.43. The predicted molar refractivity (Wildman–Crippen MR) is 29.3 cm³/mol. The van der Waals surface area contributed by atoms with Crippen LogP contribution < -0.4 is 0 Å². The van der Waals surface area contributed by atoms with Gasteiger partial charge in [0.25, 0.3) is 0 Å². The molecule has 0 aliphatic carbocycles. The van der Waals surface area contributed by atoms with Crippen molar-refractivity contribution in [2.45, 2.75) is 13.8 Å². The van der Waals surface area contributed by atoms with Gasteiger partial charge in [0.1, 0.15) is 0 Å². The van der Waals surface area contributed by atoms with E-state index >= 15 is 0 Å². The zero-order valence-electron chi connectivity index (χ0n) is 4.44. The molecule has 0 heteroatoms. The van der Waals surface area contributed by atoms with Gasteiger partial charge < -0.3 is 0 Å². The summed E-state index contributed by atoms with van der Waals surface area (Å²) in [5, 5.41) is 0. The van der Waals surface area contributed by atoms with Crippen molar-refractivity contribution < 1.29 is 0 Å². The fourth-order valence-corrected chi connectivity index (χ4v) is 0.136. The van der Waals surface area contributed by atoms with Crippen molar-refractivity contribution in [2.24, 2.45) is 5.92 Å². The Morgan fingerprint density at radius 1 is 1.67 bits per heavy atom. The van der Waals surface area contributed by atoms with Crippen molar-refractivity contribution in [3.8, 4) is 0 Å². The molecule has 0 nitrogen and oxygen atoms in total. The van der Waals surface area contributed by atoms with E-state index in [2.05, 4.69) is 19.9 Å². The van der Waals surface area contributed by atoms with Gasteiger partial charge in [0.05, 0.1) is 0 Å². The molecule has 0 bridgehead atoms. The van der Waals surface area contributed by atoms with Gasteiger partial charge in [0.2, 0.25) is 0 Å². The summed E-state index contributed by atoms with van der Waals surface area (Å²) < 4.78 is 0. The Morgan fingerprint density at radius 2 is 2.17 bits per heavy atom. The quantitative estimate of drug-likeness (QED) is 0.448. The van der Waals surface area contributed by atoms with Crippen LogP contribution in [-0.4, -0.2) is 0 Å². The lowest BCUT2D eigenvalue weighted by atomic mass is 10.1. The van der Waals surface area contributed by atoms with Crippen molar-refractivity contribution in [3.63, 3.8) is 0 Å². The second-order valence-corrected chi connectivity index (χ2v) is 1.43. The van der Waals surface area contributed by atoms with Crippen LogP contribution in [0.4, 0.5) is 0 Å². The fourth-order valence-electron chi connectivity index (χ4n) is 0.136. The lowest BCUT2D eigenvalue weighted by Crippen LogP contribution is -1.81. The van der Waals surface area contributed by atoms with Crippen LogP contribution in [0, 0.1) is 12.3 Å². The highest BCUT2D eigenvalue weighted by Gasteiger charge is 1.84. The third kappa shape index (κ3) is 2.01. The van der Waals surface area contributed by atoms with Gasteiger partial charge in [0.15, 0.2) is 0 Å². The standard InChI is InChI=1S/C6H11/c1-4-6(3)5-2/h4-6H,1H2,2-3H3. The Labute approximate surface area is 39.9 Å². The van der Waals surface area contributed by atoms with Gasteiger partial charge in [-0.1, -0.05) is 19.9 Å². The molecule has 0 rings (SSSR count). The molecule has 6 heavy (non-hydrogen) atoms. The molecule has 1 atom stereocenters. The molecule has 0 saturated carbocycles. The van der Waals surface area contributed by atoms with Crippen LogP contribution in [0.2, 0.25) is 0 Å². The zero-order chi connectivity index (χ0) is 4.99. The highest BCUT2D eigenvalue weighted by molar-refractivity contribution is 4.82. The SMILES string of the molecule is C=CC(C)[CH]C. The van der Waals surface area contributed by atoms with Gasteiger partial charge in [-0.05, 0) is 12.3 Å². The molecule has 0 aliphatic rings. The normalized spacial score (nSPS) is 13.7. The van der Waals surface area contributed by atoms with Crippen LogP contribution in [0.15, 0.2) is 12.7 Å². The molecule has 1 unspecified atom stereocenters. The van der Waals surface area contributed by atoms with Crippen LogP contribution in [-0.2, 0) is 0 Å². The molecular weight excluding hydrogens is 72.1 g/mol. The summed E-state index contributed by atoms with van der Waals surface area (Å²) in [6, 6.07) is 0. The first kappa shape index (κ1) is 5.74. The van der Waals surface area contributed by atoms with Crippen LogP contribution in [0.25, 0.3) is 0 Å². The lowest BCUT2D eigenvalue weighted by molar-refractivity contribution is 0.858. The summed E-state index contributed by atoms with van der Waals surface area (Å²) in [7, 11) is 0. The van der Waals surface area contributed by atoms with E-state index in [9.17, 15) is 0 Å². The minimum absolute atomic E-state index is 0.574. The highest BCUT2D eigenvalue weighted by Crippen LogP contribution is 1.96. The van der Waals surface area contributed by atoms with Crippen LogP contribution in [0.1, 0.15) is 13.8 Å². The molecule has 0 aromatic carbocycles. The summed E-state index contributed by atoms with van der Waals surface area (Å²) in [4.78, 5) is 0. The van der Waals surface area contributed by atoms with Crippen molar-refractivity contribution in [2.75, 3.05) is 0 Å². The van der Waals surface area contributed by atoms with E-state index in [0.717, 1.165) is 0 Å². The first-order valence-electron chi connectivity index (χ1n) is 2.23. The molecule has 0 heterocycles. The van der Waals surface area contributed by atoms with Crippen LogP contribution >= 0.6 is 0 Å². The van der Waals surface area contributed by atoms with Crippen molar-refractivity contribution in [1.29, 1.82) is 0 Å². The smallest absolute Gasteiger partial charge is 0.0236 e. The average molecular weight is 83.2 g/mol. The maximum Gasteiger partial charge on any atom is -0.0236 e. The number of hydrogen-bond donors (Lipinski definition) is 0. The minimum Gasteiger partial charge on any atom is -0.103 e. The molecule has 0 aromatic heterocycles. The van der Waals surface area contributed by atoms with Gasteiger partial charge in [-0.15, -0.1) is 6.58 Å². The minimum atomic E-state index is 0.574. The molecule has 0 spiro atoms. The third-order valence-electron chi connectivity index (χ3n) is 0.898. The Morgan fingerprint density at radius 3 is 2.17 bits per heavy atom. The Balaban J connectivity index is 2.96. The largest absolute Gasteiger partial charge is 0.103 e. The molecule has 0 N–H and O–H groups in total. The predicted octanol–water partition coefficient (Wildman–Crippen LogP) is 2.03. The van der Waals surface area contributed by atoms with E-state index < -0.39 is 0 Å². The summed E-state index contributed by atoms with van der Waals surface area (Å²) in [6.45, 7) is 7.74. The molecule has 0 saturated heterocycles. The molecule has 1 radical (unpaired) electrons. The monoisotopic (exact) mass is 83.1 g/mol. The Bertz CT molecular complexity index is 37.3. The van der Waals surface area contributed by atoms with Gasteiger partial charge in [-0.2, -0.15) is 0 Å². The highest BCUT2D eigenvalue weighted by atomic mass is 13.9. The third-order valence-corrected chi connectivity index (χ3v) is 0.898. The van der Waals surface area contributed by atoms with Gasteiger partial charge in [0, 0.05) is 0 Å². The van der Waals surface area contributed by atoms with Crippen LogP contribution in [0.3, 0.4) is 0 Å². The van der Waals surface area contributed by atoms with E-state index in [1.54, 1.807) is 0 Å². The molecular formula is C6H11. The maximum atomic E-state index is 3.60. The zero-order valence-corrected chi connectivity index (χ0v) is 4.44. The lowest BCUT2D eigenvalue weighted by Gasteiger charge is -1.93. The van der Waals surface area contributed by atoms with Gasteiger partial charge in [-0.25, -0.2) is 0 Å². The van der Waals surface area contributed by atoms with Crippen molar-refractivity contribution in [1.82, 2.24) is 0 Å². The van der Waals surface area contributed by atoms with Crippen molar-refractivity contribution in [3.05, 3.63) is 19.1 Å². The average Bonchev–Trinajstić information content (AvgIpc) is 1.65. The molecule has 35 valence electrons. The topological polar surface area (TPSA) is 0 Å². The second kappa shape index (κ2) is 2.95. The van der Waals surface area contributed by atoms with Gasteiger partial charge >= 0.3 is 0 Å². The first-order chi connectivity index (χ1) is 2.81. The summed E-state index contributed by atoms with van der Waals surface area (Å²) in [5.41, 5.74) is 0. The summed E-state index contributed by atoms with van der Waals surface area (Å²) >= 11 is 0. The Hall–Kier alpha value is -0.260. The molecule has 0 aromatic rings. The number of hydrogen-bond acceptors (Lipinski definition) is 0. The first-order valence-corrected chi connectivity index (χ1v) is 2.23. The molecule has 0 amide bonds. The maximum absolute atomic E-state index is 3.60. The van der Waals surface area contributed by atoms with Crippen LogP contribution in [0.5, 0.6) is 0 Å². The molecule has 0 fully saturated rings. The fraction of sp³-hybridized carbons (Fsp3) is 0.500. The van der Waals surface area contributed by atoms with E-state index in [0.29, 0.717) is 5.92 Å². The van der Waals surface area contributed by atoms with E-state index in [1.807, 2.05) is 13.0 Å². The number of rotatable bonds is 2. The van der Waals surface area contributed by atoms with E-state index in [4.69, 9.17) is 0 Å². The van der Waals surface area contributed by atoms with E-state index in [1.165, 1.54) is 0 Å². The van der Waals surface area contributed by atoms with Crippen molar-refractivity contribution >= 4 is 0 Å². The van der Waals surface area contributed by atoms with Gasteiger partial charge in [-0.3, -0.25) is 0 Å². The summed E-state index contributed by atoms with van der Waals surface area (Å²) in [5.74, 6) is 0.574. The number of allylic oxidation sites excluding steroid dienone is 1. The Kier molecular flexibility index (Phi) is 2.82. The van der Waals surface area contributed by atoms with E-state index in [-0.39, 0.29) is 0 Å². The molecule has 0 aliphatic heterocycles.